The van der Waals surface area contributed by atoms with Crippen molar-refractivity contribution >= 4 is 17.3 Å². The molecule has 1 amide bonds. The summed E-state index contributed by atoms with van der Waals surface area (Å²) in [5, 5.41) is 22.1. The maximum atomic E-state index is 12.3. The average Bonchev–Trinajstić information content (AvgIpc) is 3.13. The lowest BCUT2D eigenvalue weighted by Crippen LogP contribution is -2.20. The Bertz CT molecular complexity index is 1000. The smallest absolute Gasteiger partial charge is 0.312 e. The van der Waals surface area contributed by atoms with Crippen molar-refractivity contribution in [1.29, 1.82) is 0 Å². The van der Waals surface area contributed by atoms with Crippen molar-refractivity contribution in [2.45, 2.75) is 33.9 Å². The van der Waals surface area contributed by atoms with Gasteiger partial charge in [-0.2, -0.15) is 10.2 Å². The van der Waals surface area contributed by atoms with Crippen molar-refractivity contribution < 1.29 is 9.72 Å². The number of aromatic nitrogens is 4. The third-order valence-electron chi connectivity index (χ3n) is 4.33. The van der Waals surface area contributed by atoms with Crippen molar-refractivity contribution in [2.24, 2.45) is 0 Å². The number of hydrogen-bond acceptors (Lipinski definition) is 5. The van der Waals surface area contributed by atoms with Crippen LogP contribution in [-0.2, 0) is 17.9 Å². The maximum absolute atomic E-state index is 12.3. The van der Waals surface area contributed by atoms with Gasteiger partial charge < -0.3 is 5.32 Å². The molecular weight excluding hydrogens is 348 g/mol. The fourth-order valence-corrected chi connectivity index (χ4v) is 2.92. The van der Waals surface area contributed by atoms with Gasteiger partial charge in [-0.25, -0.2) is 0 Å². The zero-order valence-electron chi connectivity index (χ0n) is 15.3. The van der Waals surface area contributed by atoms with E-state index in [2.05, 4.69) is 15.5 Å². The highest BCUT2D eigenvalue weighted by molar-refractivity contribution is 5.90. The van der Waals surface area contributed by atoms with Crippen LogP contribution in [0.15, 0.2) is 36.7 Å². The molecule has 0 aliphatic carbocycles. The van der Waals surface area contributed by atoms with E-state index in [9.17, 15) is 14.9 Å². The standard InChI is InChI=1S/C18H20N6O3/c1-12-6-4-5-7-15(12)9-22-10-16(8-19-22)20-17(25)11-23-14(3)18(24(26)27)13(2)21-23/h4-8,10H,9,11H2,1-3H3,(H,20,25). The van der Waals surface area contributed by atoms with Gasteiger partial charge >= 0.3 is 5.69 Å². The van der Waals surface area contributed by atoms with E-state index in [1.54, 1.807) is 30.9 Å². The number of carbonyl (C=O) groups excluding carboxylic acids is 1. The minimum Gasteiger partial charge on any atom is -0.322 e. The van der Waals surface area contributed by atoms with Crippen molar-refractivity contribution in [2.75, 3.05) is 5.32 Å². The minimum absolute atomic E-state index is 0.0612. The quantitative estimate of drug-likeness (QED) is 0.531. The number of nitro groups is 1. The molecular formula is C18H20N6O3. The van der Waals surface area contributed by atoms with Gasteiger partial charge in [-0.1, -0.05) is 24.3 Å². The van der Waals surface area contributed by atoms with E-state index >= 15 is 0 Å². The summed E-state index contributed by atoms with van der Waals surface area (Å²) in [6.45, 7) is 5.66. The number of aryl methyl sites for hydroxylation is 2. The number of hydrogen-bond donors (Lipinski definition) is 1. The molecule has 0 saturated heterocycles. The number of amides is 1. The average molecular weight is 368 g/mol. The summed E-state index contributed by atoms with van der Waals surface area (Å²) in [6.07, 6.45) is 3.31. The molecule has 9 nitrogen and oxygen atoms in total. The molecule has 3 rings (SSSR count). The van der Waals surface area contributed by atoms with Crippen molar-refractivity contribution in [3.8, 4) is 0 Å². The Hall–Kier alpha value is -3.49. The largest absolute Gasteiger partial charge is 0.322 e. The first-order valence-electron chi connectivity index (χ1n) is 8.40. The van der Waals surface area contributed by atoms with E-state index in [0.29, 0.717) is 17.9 Å². The lowest BCUT2D eigenvalue weighted by Gasteiger charge is -2.06. The number of rotatable bonds is 6. The monoisotopic (exact) mass is 368 g/mol. The molecule has 3 aromatic rings. The Morgan fingerprint density at radius 1 is 1.26 bits per heavy atom. The van der Waals surface area contributed by atoms with Gasteiger partial charge in [-0.3, -0.25) is 24.3 Å². The fourth-order valence-electron chi connectivity index (χ4n) is 2.92. The fraction of sp³-hybridized carbons (Fsp3) is 0.278. The predicted octanol–water partition coefficient (Wildman–Crippen LogP) is 2.60. The molecule has 1 N–H and O–H groups in total. The Morgan fingerprint density at radius 2 is 2.00 bits per heavy atom. The molecule has 2 aromatic heterocycles. The van der Waals surface area contributed by atoms with Gasteiger partial charge in [0.15, 0.2) is 0 Å². The summed E-state index contributed by atoms with van der Waals surface area (Å²) in [7, 11) is 0. The molecule has 0 aliphatic rings. The molecule has 0 radical (unpaired) electrons. The zero-order valence-corrected chi connectivity index (χ0v) is 15.3. The first kappa shape index (κ1) is 18.3. The van der Waals surface area contributed by atoms with Crippen molar-refractivity contribution in [3.63, 3.8) is 0 Å². The van der Waals surface area contributed by atoms with Crippen LogP contribution in [0.25, 0.3) is 0 Å². The van der Waals surface area contributed by atoms with Crippen LogP contribution in [0.5, 0.6) is 0 Å². The third-order valence-corrected chi connectivity index (χ3v) is 4.33. The van der Waals surface area contributed by atoms with E-state index in [4.69, 9.17) is 0 Å². The van der Waals surface area contributed by atoms with Gasteiger partial charge in [0, 0.05) is 6.20 Å². The van der Waals surface area contributed by atoms with Crippen LogP contribution in [0, 0.1) is 30.9 Å². The topological polar surface area (TPSA) is 108 Å². The van der Waals surface area contributed by atoms with E-state index in [0.717, 1.165) is 5.56 Å². The van der Waals surface area contributed by atoms with Crippen LogP contribution in [-0.4, -0.2) is 30.4 Å². The molecule has 140 valence electrons. The molecule has 0 spiro atoms. The van der Waals surface area contributed by atoms with Crippen LogP contribution in [0.4, 0.5) is 11.4 Å². The van der Waals surface area contributed by atoms with Gasteiger partial charge in [0.1, 0.15) is 17.9 Å². The van der Waals surface area contributed by atoms with Crippen LogP contribution in [0.1, 0.15) is 22.5 Å². The summed E-state index contributed by atoms with van der Waals surface area (Å²) in [4.78, 5) is 22.8. The molecule has 0 aliphatic heterocycles. The number of nitrogens with zero attached hydrogens (tertiary/aromatic N) is 5. The van der Waals surface area contributed by atoms with Crippen LogP contribution in [0.3, 0.4) is 0 Å². The van der Waals surface area contributed by atoms with Gasteiger partial charge in [0.05, 0.1) is 23.4 Å². The Labute approximate surface area is 155 Å². The lowest BCUT2D eigenvalue weighted by molar-refractivity contribution is -0.386. The first-order valence-corrected chi connectivity index (χ1v) is 8.40. The van der Waals surface area contributed by atoms with Crippen LogP contribution in [0.2, 0.25) is 0 Å². The van der Waals surface area contributed by atoms with Crippen molar-refractivity contribution in [1.82, 2.24) is 19.6 Å². The number of benzene rings is 1. The second-order valence-corrected chi connectivity index (χ2v) is 6.34. The summed E-state index contributed by atoms with van der Waals surface area (Å²) < 4.78 is 3.08. The van der Waals surface area contributed by atoms with Gasteiger partial charge in [-0.15, -0.1) is 0 Å². The summed E-state index contributed by atoms with van der Waals surface area (Å²) in [5.41, 5.74) is 3.45. The molecule has 0 fully saturated rings. The normalized spacial score (nSPS) is 10.8. The van der Waals surface area contributed by atoms with Gasteiger partial charge in [-0.05, 0) is 31.9 Å². The van der Waals surface area contributed by atoms with E-state index in [1.165, 1.54) is 10.2 Å². The van der Waals surface area contributed by atoms with Gasteiger partial charge in [0.25, 0.3) is 0 Å². The highest BCUT2D eigenvalue weighted by Crippen LogP contribution is 2.21. The molecule has 0 unspecified atom stereocenters. The second kappa shape index (κ2) is 7.40. The summed E-state index contributed by atoms with van der Waals surface area (Å²) >= 11 is 0. The number of anilines is 1. The molecule has 9 heteroatoms. The highest BCUT2D eigenvalue weighted by atomic mass is 16.6. The molecule has 2 heterocycles. The Kier molecular flexibility index (Phi) is 5.02. The first-order chi connectivity index (χ1) is 12.8. The number of carbonyl (C=O) groups is 1. The highest BCUT2D eigenvalue weighted by Gasteiger charge is 2.22. The maximum Gasteiger partial charge on any atom is 0.312 e. The summed E-state index contributed by atoms with van der Waals surface area (Å²) in [6, 6.07) is 8.03. The van der Waals surface area contributed by atoms with E-state index < -0.39 is 4.92 Å². The van der Waals surface area contributed by atoms with E-state index in [-0.39, 0.29) is 23.8 Å². The van der Waals surface area contributed by atoms with Gasteiger partial charge in [0.2, 0.25) is 5.91 Å². The summed E-state index contributed by atoms with van der Waals surface area (Å²) in [5.74, 6) is -0.328. The predicted molar refractivity (Wildman–Crippen MR) is 99.5 cm³/mol. The minimum atomic E-state index is -0.484. The molecule has 27 heavy (non-hydrogen) atoms. The van der Waals surface area contributed by atoms with Crippen LogP contribution >= 0.6 is 0 Å². The molecule has 0 atom stereocenters. The Balaban J connectivity index is 1.66. The SMILES string of the molecule is Cc1ccccc1Cn1cc(NC(=O)Cn2nc(C)c([N+](=O)[O-])c2C)cn1. The Morgan fingerprint density at radius 3 is 2.67 bits per heavy atom. The number of nitrogens with one attached hydrogen (secondary N) is 1. The van der Waals surface area contributed by atoms with Crippen LogP contribution < -0.4 is 5.32 Å². The van der Waals surface area contributed by atoms with E-state index in [1.807, 2.05) is 31.2 Å². The molecule has 0 saturated carbocycles. The zero-order chi connectivity index (χ0) is 19.6. The molecule has 1 aromatic carbocycles. The third kappa shape index (κ3) is 4.02. The second-order valence-electron chi connectivity index (χ2n) is 6.34. The van der Waals surface area contributed by atoms with Crippen molar-refractivity contribution in [3.05, 3.63) is 69.3 Å². The molecule has 0 bridgehead atoms. The lowest BCUT2D eigenvalue weighted by atomic mass is 10.1.